The molecule has 0 aliphatic rings. The Hall–Kier alpha value is -1.24. The van der Waals surface area contributed by atoms with Gasteiger partial charge >= 0.3 is 5.97 Å². The maximum atomic E-state index is 12.8. The summed E-state index contributed by atoms with van der Waals surface area (Å²) in [7, 11) is 1.05. The van der Waals surface area contributed by atoms with E-state index in [-0.39, 0.29) is 12.4 Å². The van der Waals surface area contributed by atoms with Crippen LogP contribution in [-0.4, -0.2) is 20.9 Å². The highest BCUT2D eigenvalue weighted by molar-refractivity contribution is 5.89. The van der Waals surface area contributed by atoms with Gasteiger partial charge in [-0.3, -0.25) is 0 Å². The van der Waals surface area contributed by atoms with E-state index in [9.17, 15) is 18.0 Å². The second-order valence-corrected chi connectivity index (χ2v) is 2.28. The summed E-state index contributed by atoms with van der Waals surface area (Å²) in [6, 6.07) is 0. The zero-order chi connectivity index (χ0) is 10.2. The summed E-state index contributed by atoms with van der Waals surface area (Å²) in [4.78, 5) is 10.3. The molecule has 8 heteroatoms. The number of hydrogen-bond donors (Lipinski definition) is 1. The summed E-state index contributed by atoms with van der Waals surface area (Å²) in [5.41, 5.74) is -2.12. The van der Waals surface area contributed by atoms with Crippen LogP contribution in [0.2, 0.25) is 0 Å². The molecule has 0 saturated heterocycles. The van der Waals surface area contributed by atoms with E-state index >= 15 is 0 Å². The predicted molar refractivity (Wildman–Crippen MR) is 42.3 cm³/mol. The van der Waals surface area contributed by atoms with Crippen molar-refractivity contribution >= 4 is 18.4 Å². The van der Waals surface area contributed by atoms with Crippen LogP contribution in [0.15, 0.2) is 0 Å². The number of halogens is 4. The number of rotatable bonds is 2. The van der Waals surface area contributed by atoms with Crippen molar-refractivity contribution in [1.82, 2.24) is 9.78 Å². The van der Waals surface area contributed by atoms with Crippen LogP contribution < -0.4 is 0 Å². The first-order valence-electron chi connectivity index (χ1n) is 3.19. The van der Waals surface area contributed by atoms with Crippen LogP contribution in [-0.2, 0) is 7.05 Å². The molecule has 1 N–H and O–H groups in total. The van der Waals surface area contributed by atoms with Gasteiger partial charge < -0.3 is 5.11 Å². The normalized spacial score (nSPS) is 10.1. The van der Waals surface area contributed by atoms with E-state index < -0.39 is 29.6 Å². The minimum Gasteiger partial charge on any atom is -0.477 e. The largest absolute Gasteiger partial charge is 0.477 e. The Balaban J connectivity index is 0.00000169. The molecule has 0 aliphatic heterocycles. The molecule has 0 saturated carbocycles. The Morgan fingerprint density at radius 3 is 2.36 bits per heavy atom. The third-order valence-electron chi connectivity index (χ3n) is 1.42. The Bertz CT molecular complexity index is 353. The molecule has 1 heterocycles. The lowest BCUT2D eigenvalue weighted by Gasteiger charge is -1.93. The van der Waals surface area contributed by atoms with Crippen LogP contribution in [0.1, 0.15) is 22.5 Å². The monoisotopic (exact) mass is 230 g/mol. The van der Waals surface area contributed by atoms with E-state index in [2.05, 4.69) is 5.10 Å². The molecule has 0 spiro atoms. The van der Waals surface area contributed by atoms with Crippen molar-refractivity contribution in [2.75, 3.05) is 0 Å². The van der Waals surface area contributed by atoms with Crippen molar-refractivity contribution in [1.29, 1.82) is 0 Å². The van der Waals surface area contributed by atoms with Gasteiger partial charge in [0.05, 0.1) is 0 Å². The molecular weight excluding hydrogens is 225 g/mol. The minimum absolute atomic E-state index is 0. The van der Waals surface area contributed by atoms with Crippen molar-refractivity contribution in [3.8, 4) is 0 Å². The summed E-state index contributed by atoms with van der Waals surface area (Å²) in [6.45, 7) is 0. The third kappa shape index (κ3) is 1.98. The first kappa shape index (κ1) is 12.8. The Kier molecular flexibility index (Phi) is 3.93. The second-order valence-electron chi connectivity index (χ2n) is 2.28. The second kappa shape index (κ2) is 4.32. The average molecular weight is 231 g/mol. The summed E-state index contributed by atoms with van der Waals surface area (Å²) in [6.07, 6.45) is -3.10. The summed E-state index contributed by atoms with van der Waals surface area (Å²) in [5, 5.41) is 11.4. The van der Waals surface area contributed by atoms with Crippen LogP contribution >= 0.6 is 12.4 Å². The van der Waals surface area contributed by atoms with Gasteiger partial charge in [-0.2, -0.15) is 9.49 Å². The Morgan fingerprint density at radius 1 is 1.57 bits per heavy atom. The number of aromatic nitrogens is 2. The maximum absolute atomic E-state index is 12.8. The van der Waals surface area contributed by atoms with Gasteiger partial charge in [0.15, 0.2) is 0 Å². The van der Waals surface area contributed by atoms with Gasteiger partial charge in [-0.05, 0) is 0 Å². The van der Waals surface area contributed by atoms with Gasteiger partial charge in [0, 0.05) is 7.05 Å². The van der Waals surface area contributed by atoms with Gasteiger partial charge in [-0.15, -0.1) is 12.4 Å². The standard InChI is InChI=1S/C6H5F3N2O2.ClH/c1-11-5(9)2(6(12)13)3(10-11)4(7)8;/h4H,1H3,(H,12,13);1H. The van der Waals surface area contributed by atoms with Gasteiger partial charge in [-0.25, -0.2) is 18.3 Å². The van der Waals surface area contributed by atoms with Gasteiger partial charge in [0.25, 0.3) is 6.43 Å². The third-order valence-corrected chi connectivity index (χ3v) is 1.42. The van der Waals surface area contributed by atoms with Crippen LogP contribution in [0, 0.1) is 5.95 Å². The summed E-state index contributed by atoms with van der Waals surface area (Å²) < 4.78 is 37.4. The van der Waals surface area contributed by atoms with Crippen LogP contribution in [0.25, 0.3) is 0 Å². The molecule has 80 valence electrons. The van der Waals surface area contributed by atoms with E-state index in [1.54, 1.807) is 0 Å². The molecule has 4 nitrogen and oxygen atoms in total. The number of aryl methyl sites for hydroxylation is 1. The summed E-state index contributed by atoms with van der Waals surface area (Å²) >= 11 is 0. The number of carboxylic acids is 1. The fourth-order valence-corrected chi connectivity index (χ4v) is 0.874. The van der Waals surface area contributed by atoms with Crippen molar-refractivity contribution in [3.05, 3.63) is 17.2 Å². The fraction of sp³-hybridized carbons (Fsp3) is 0.333. The molecule has 0 aliphatic carbocycles. The predicted octanol–water partition coefficient (Wildman–Crippen LogP) is 1.62. The number of carboxylic acid groups (broad SMARTS) is 1. The van der Waals surface area contributed by atoms with Crippen molar-refractivity contribution < 1.29 is 23.1 Å². The first-order chi connectivity index (χ1) is 5.95. The van der Waals surface area contributed by atoms with E-state index in [1.807, 2.05) is 0 Å². The highest BCUT2D eigenvalue weighted by Gasteiger charge is 2.27. The molecule has 1 rings (SSSR count). The van der Waals surface area contributed by atoms with Gasteiger partial charge in [0.1, 0.15) is 11.3 Å². The van der Waals surface area contributed by atoms with Crippen LogP contribution in [0.5, 0.6) is 0 Å². The van der Waals surface area contributed by atoms with Gasteiger partial charge in [0.2, 0.25) is 5.95 Å². The molecule has 0 atom stereocenters. The lowest BCUT2D eigenvalue weighted by atomic mass is 10.2. The lowest BCUT2D eigenvalue weighted by Crippen LogP contribution is -2.03. The molecule has 0 amide bonds. The first-order valence-corrected chi connectivity index (χ1v) is 3.19. The Labute approximate surface area is 82.7 Å². The van der Waals surface area contributed by atoms with Crippen molar-refractivity contribution in [3.63, 3.8) is 0 Å². The van der Waals surface area contributed by atoms with E-state index in [0.29, 0.717) is 4.68 Å². The fourth-order valence-electron chi connectivity index (χ4n) is 0.874. The number of aromatic carboxylic acids is 1. The van der Waals surface area contributed by atoms with Crippen LogP contribution in [0.4, 0.5) is 13.2 Å². The number of nitrogens with zero attached hydrogens (tertiary/aromatic N) is 2. The lowest BCUT2D eigenvalue weighted by molar-refractivity contribution is 0.0678. The smallest absolute Gasteiger partial charge is 0.342 e. The molecule has 0 fully saturated rings. The number of alkyl halides is 2. The highest BCUT2D eigenvalue weighted by Crippen LogP contribution is 2.23. The number of carbonyl (C=O) groups is 1. The Morgan fingerprint density at radius 2 is 2.07 bits per heavy atom. The minimum atomic E-state index is -3.10. The SMILES string of the molecule is Cl.Cn1nc(C(F)F)c(C(=O)O)c1F. The molecule has 1 aromatic heterocycles. The average Bonchev–Trinajstić information content (AvgIpc) is 2.28. The molecule has 0 bridgehead atoms. The molecular formula is C6H6ClF3N2O2. The highest BCUT2D eigenvalue weighted by atomic mass is 35.5. The van der Waals surface area contributed by atoms with Crippen LogP contribution in [0.3, 0.4) is 0 Å². The topological polar surface area (TPSA) is 55.1 Å². The van der Waals surface area contributed by atoms with E-state index in [0.717, 1.165) is 7.05 Å². The zero-order valence-electron chi connectivity index (χ0n) is 6.87. The molecule has 0 radical (unpaired) electrons. The molecule has 0 unspecified atom stereocenters. The zero-order valence-corrected chi connectivity index (χ0v) is 7.69. The van der Waals surface area contributed by atoms with Gasteiger partial charge in [-0.1, -0.05) is 0 Å². The van der Waals surface area contributed by atoms with E-state index in [4.69, 9.17) is 5.11 Å². The summed E-state index contributed by atoms with van der Waals surface area (Å²) in [5.74, 6) is -3.02. The van der Waals surface area contributed by atoms with Crippen molar-refractivity contribution in [2.24, 2.45) is 7.05 Å². The van der Waals surface area contributed by atoms with E-state index in [1.165, 1.54) is 0 Å². The van der Waals surface area contributed by atoms with Crippen molar-refractivity contribution in [2.45, 2.75) is 6.43 Å². The molecule has 1 aromatic rings. The molecule has 0 aromatic carbocycles. The molecule has 14 heavy (non-hydrogen) atoms. The maximum Gasteiger partial charge on any atom is 0.342 e. The quantitative estimate of drug-likeness (QED) is 0.840. The number of hydrogen-bond acceptors (Lipinski definition) is 2.